The normalized spacial score (nSPS) is 30.6. The summed E-state index contributed by atoms with van der Waals surface area (Å²) in [7, 11) is 4.15. The Morgan fingerprint density at radius 3 is 2.26 bits per heavy atom. The quantitative estimate of drug-likeness (QED) is 0.119. The van der Waals surface area contributed by atoms with E-state index in [0.29, 0.717) is 61.3 Å². The van der Waals surface area contributed by atoms with Gasteiger partial charge in [-0.15, -0.1) is 0 Å². The first kappa shape index (κ1) is 72.2. The molecule has 3 aliphatic carbocycles. The summed E-state index contributed by atoms with van der Waals surface area (Å²) in [4.78, 5) is 31.8. The lowest BCUT2D eigenvalue weighted by Gasteiger charge is -2.60. The van der Waals surface area contributed by atoms with Crippen molar-refractivity contribution in [1.82, 2.24) is 56.4 Å². The van der Waals surface area contributed by atoms with Gasteiger partial charge in [0.2, 0.25) is 5.91 Å². The van der Waals surface area contributed by atoms with Crippen LogP contribution >= 0.6 is 11.6 Å². The van der Waals surface area contributed by atoms with Crippen molar-refractivity contribution >= 4 is 23.2 Å². The number of alkyl halides is 3. The fourth-order valence-electron chi connectivity index (χ4n) is 15.9. The molecule has 1 spiro atoms. The largest absolute Gasteiger partial charge is 0.417 e. The van der Waals surface area contributed by atoms with Gasteiger partial charge in [0.1, 0.15) is 0 Å². The van der Waals surface area contributed by atoms with Crippen LogP contribution in [0.2, 0.25) is 5.02 Å². The first-order chi connectivity index (χ1) is 43.1. The van der Waals surface area contributed by atoms with E-state index in [-0.39, 0.29) is 70.9 Å². The summed E-state index contributed by atoms with van der Waals surface area (Å²) in [6, 6.07) is 6.05. The highest BCUT2D eigenvalue weighted by Gasteiger charge is 2.56. The highest BCUT2D eigenvalue weighted by molar-refractivity contribution is 6.31. The third kappa shape index (κ3) is 19.9. The van der Waals surface area contributed by atoms with Gasteiger partial charge in [0.25, 0.3) is 0 Å². The molecule has 11 atom stereocenters. The molecule has 5 unspecified atom stereocenters. The van der Waals surface area contributed by atoms with Crippen LogP contribution in [0.25, 0.3) is 0 Å². The lowest BCUT2D eigenvalue weighted by Crippen LogP contribution is -2.76. The van der Waals surface area contributed by atoms with Gasteiger partial charge in [-0.3, -0.25) is 14.7 Å². The number of fused-ring (bicyclic) bond motifs is 2. The fraction of sp³-hybridized carbons (Fsp3) is 0.778. The van der Waals surface area contributed by atoms with E-state index in [9.17, 15) is 18.0 Å². The molecule has 508 valence electrons. The predicted molar refractivity (Wildman–Crippen MR) is 365 cm³/mol. The Labute approximate surface area is 547 Å². The zero-order valence-corrected chi connectivity index (χ0v) is 58.1. The number of aryl methyl sites for hydroxylation is 1. The zero-order valence-electron chi connectivity index (χ0n) is 57.3. The number of amides is 1. The van der Waals surface area contributed by atoms with E-state index in [1.165, 1.54) is 69.2 Å². The SMILES string of the molecule is CC[C@H](C)[C@H]1CN[C@@H](CC(C)C)C(C)NCC2[C@@H](C(=O)N3CCCCC3)C(C)N2[C@@H](C2CCCC2)C(C)NC2(CCCC2)CNCCNC=CC(CCc2ccc(C(F)(F)F)c(Cl)c2)=NC=CN(C)C=C(COC2CCC2)N(C)C=C2CCCN2[C@@H](C)C(C)N1. The van der Waals surface area contributed by atoms with Crippen LogP contribution < -0.4 is 31.9 Å². The summed E-state index contributed by atoms with van der Waals surface area (Å²) < 4.78 is 47.5. The Morgan fingerprint density at radius 1 is 0.833 bits per heavy atom. The van der Waals surface area contributed by atoms with Crippen LogP contribution in [0, 0.1) is 23.7 Å². The van der Waals surface area contributed by atoms with E-state index in [1.54, 1.807) is 6.20 Å². The lowest BCUT2D eigenvalue weighted by molar-refractivity contribution is -0.162. The van der Waals surface area contributed by atoms with Crippen LogP contribution in [-0.2, 0) is 22.1 Å². The van der Waals surface area contributed by atoms with Gasteiger partial charge < -0.3 is 56.2 Å². The molecular weight excluding hydrogens is 1160 g/mol. The Kier molecular flexibility index (Phi) is 27.8. The molecule has 3 saturated carbocycles. The number of ether oxygens (including phenoxy) is 1. The summed E-state index contributed by atoms with van der Waals surface area (Å²) in [5.41, 5.74) is 3.00. The molecule has 14 nitrogen and oxygen atoms in total. The van der Waals surface area contributed by atoms with Crippen molar-refractivity contribution in [3.05, 3.63) is 82.8 Å². The molecule has 18 heteroatoms. The Morgan fingerprint density at radius 2 is 1.58 bits per heavy atom. The number of nitrogens with one attached hydrogen (secondary N) is 6. The van der Waals surface area contributed by atoms with Gasteiger partial charge in [-0.05, 0) is 179 Å². The van der Waals surface area contributed by atoms with Crippen molar-refractivity contribution in [2.45, 2.75) is 263 Å². The molecule has 0 radical (unpaired) electrons. The third-order valence-electron chi connectivity index (χ3n) is 21.9. The minimum Gasteiger partial charge on any atom is -0.390 e. The molecule has 3 saturated heterocycles. The molecular formula is C72H120ClF3N12O2. The number of carbonyl (C=O) groups excluding carboxylic acids is 1. The minimum absolute atomic E-state index is 0.0284. The number of benzene rings is 1. The van der Waals surface area contributed by atoms with Gasteiger partial charge in [-0.1, -0.05) is 77.5 Å². The van der Waals surface area contributed by atoms with Crippen molar-refractivity contribution in [3.8, 4) is 0 Å². The van der Waals surface area contributed by atoms with Crippen molar-refractivity contribution in [1.29, 1.82) is 0 Å². The monoisotopic (exact) mass is 1280 g/mol. The van der Waals surface area contributed by atoms with E-state index < -0.39 is 11.7 Å². The molecule has 4 heterocycles. The maximum absolute atomic E-state index is 14.9. The van der Waals surface area contributed by atoms with Crippen molar-refractivity contribution in [2.75, 3.05) is 73.1 Å². The van der Waals surface area contributed by atoms with E-state index in [2.05, 4.69) is 133 Å². The number of aliphatic imine (C=N–C) groups is 1. The number of nitrogens with zero attached hydrogens (tertiary/aromatic N) is 6. The number of hydrogen-bond acceptors (Lipinski definition) is 13. The van der Waals surface area contributed by atoms with Gasteiger partial charge in [-0.25, -0.2) is 0 Å². The van der Waals surface area contributed by atoms with E-state index in [0.717, 1.165) is 127 Å². The highest BCUT2D eigenvalue weighted by atomic mass is 35.5. The topological polar surface area (TPSA) is 127 Å². The third-order valence-corrected chi connectivity index (χ3v) is 22.2. The van der Waals surface area contributed by atoms with E-state index in [1.807, 2.05) is 30.4 Å². The number of hydrogen-bond donors (Lipinski definition) is 6. The van der Waals surface area contributed by atoms with Crippen LogP contribution in [0.15, 0.2) is 71.7 Å². The second kappa shape index (κ2) is 34.6. The number of likely N-dealkylation sites (N-methyl/N-ethyl adjacent to an activating group) is 1. The van der Waals surface area contributed by atoms with Crippen LogP contribution in [0.5, 0.6) is 0 Å². The van der Waals surface area contributed by atoms with Crippen molar-refractivity contribution < 1.29 is 22.7 Å². The first-order valence-electron chi connectivity index (χ1n) is 35.7. The fourth-order valence-corrected chi connectivity index (χ4v) is 16.2. The molecule has 8 rings (SSSR count). The lowest BCUT2D eigenvalue weighted by atomic mass is 9.74. The van der Waals surface area contributed by atoms with Gasteiger partial charge in [-0.2, -0.15) is 13.2 Å². The predicted octanol–water partition coefficient (Wildman–Crippen LogP) is 12.4. The van der Waals surface area contributed by atoms with Crippen LogP contribution in [0.4, 0.5) is 13.2 Å². The van der Waals surface area contributed by atoms with Crippen molar-refractivity contribution in [3.63, 3.8) is 0 Å². The summed E-state index contributed by atoms with van der Waals surface area (Å²) in [5, 5.41) is 24.1. The maximum Gasteiger partial charge on any atom is 0.417 e. The summed E-state index contributed by atoms with van der Waals surface area (Å²) in [6.07, 6.45) is 29.5. The standard InChI is InChI=1S/C72H120ClF3N12O2/c1-12-51(4)66-44-81-65(42-50(2)3)53(6)80-45-67-68(70(89)86-38-18-13-19-39-86)56(9)88(67)69(58-22-14-15-23-58)54(7)83-71(32-16-17-33-71)49-78-36-35-77-34-31-59(29-27-57-28-30-63(64(73)43-57)72(74,75)76)79-37-41-84(10)46-61(48-90-62-25-20-26-62)85(11)47-60-24-21-40-87(60)55(8)52(5)82-66/h28,30-31,34,37,41,43,46-47,50-56,58,62,65-69,77-78,80-83H,12-27,29,32-33,35-36,38-40,42,44-45,48-49H2,1-11H3/t51-,52?,53?,54?,55-,56?,65-,66+,67?,68-,69+/m0/s1. The van der Waals surface area contributed by atoms with Gasteiger partial charge >= 0.3 is 6.18 Å². The van der Waals surface area contributed by atoms with Gasteiger partial charge in [0.15, 0.2) is 0 Å². The molecule has 1 aromatic carbocycles. The average molecular weight is 1280 g/mol. The second-order valence-corrected chi connectivity index (χ2v) is 29.4. The maximum atomic E-state index is 14.9. The number of carbonyl (C=O) groups is 1. The first-order valence-corrected chi connectivity index (χ1v) is 36.0. The summed E-state index contributed by atoms with van der Waals surface area (Å²) in [5.74, 6) is 1.90. The highest BCUT2D eigenvalue weighted by Crippen LogP contribution is 2.44. The van der Waals surface area contributed by atoms with E-state index in [4.69, 9.17) is 21.3 Å². The number of piperidine rings is 1. The average Bonchev–Trinajstić information content (AvgIpc) is 0.827. The minimum atomic E-state index is -4.52. The molecule has 1 aromatic rings. The number of likely N-dealkylation sites (tertiary alicyclic amines) is 1. The molecule has 6 fully saturated rings. The number of allylic oxidation sites excluding steroid dienone is 2. The van der Waals surface area contributed by atoms with Crippen molar-refractivity contribution in [2.24, 2.45) is 28.7 Å². The summed E-state index contributed by atoms with van der Waals surface area (Å²) in [6.45, 7) is 28.7. The number of halogens is 4. The van der Waals surface area contributed by atoms with Gasteiger partial charge in [0, 0.05) is 163 Å². The van der Waals surface area contributed by atoms with Gasteiger partial charge in [0.05, 0.1) is 34.9 Å². The number of rotatable bonds is 12. The Hall–Kier alpha value is -3.68. The molecule has 1 amide bonds. The second-order valence-electron chi connectivity index (χ2n) is 29.0. The Balaban J connectivity index is 1.08. The Bertz CT molecular complexity index is 2520. The molecule has 6 N–H and O–H groups in total. The van der Waals surface area contributed by atoms with Crippen LogP contribution in [0.3, 0.4) is 0 Å². The summed E-state index contributed by atoms with van der Waals surface area (Å²) >= 11 is 6.20. The molecule has 7 aliphatic rings. The smallest absolute Gasteiger partial charge is 0.390 e. The van der Waals surface area contributed by atoms with Crippen LogP contribution in [-0.4, -0.2) is 175 Å². The molecule has 0 bridgehead atoms. The van der Waals surface area contributed by atoms with Crippen LogP contribution in [0.1, 0.15) is 195 Å². The molecule has 4 aliphatic heterocycles. The zero-order chi connectivity index (χ0) is 64.5. The molecule has 0 aromatic heterocycles. The molecule has 90 heavy (non-hydrogen) atoms. The van der Waals surface area contributed by atoms with E-state index >= 15 is 0 Å².